The minimum Gasteiger partial charge on any atom is -0.497 e. The maximum Gasteiger partial charge on any atom is 0.119 e. The number of hydrogen-bond donors (Lipinski definition) is 1. The lowest BCUT2D eigenvalue weighted by atomic mass is 10.1. The molecular weight excluding hydrogens is 246 g/mol. The summed E-state index contributed by atoms with van der Waals surface area (Å²) in [6, 6.07) is 18.8. The first-order valence-electron chi connectivity index (χ1n) is 6.88. The van der Waals surface area contributed by atoms with Gasteiger partial charge in [0.05, 0.1) is 7.11 Å². The van der Waals surface area contributed by atoms with E-state index in [1.54, 1.807) is 7.11 Å². The molecule has 0 aliphatic heterocycles. The van der Waals surface area contributed by atoms with Crippen LogP contribution in [0.3, 0.4) is 0 Å². The highest BCUT2D eigenvalue weighted by molar-refractivity contribution is 5.48. The van der Waals surface area contributed by atoms with E-state index in [1.807, 2.05) is 30.3 Å². The Labute approximate surface area is 121 Å². The Morgan fingerprint density at radius 2 is 1.90 bits per heavy atom. The molecule has 1 N–H and O–H groups in total. The van der Waals surface area contributed by atoms with Gasteiger partial charge in [-0.25, -0.2) is 0 Å². The van der Waals surface area contributed by atoms with E-state index in [9.17, 15) is 0 Å². The van der Waals surface area contributed by atoms with Crippen molar-refractivity contribution in [3.8, 4) is 5.75 Å². The lowest BCUT2D eigenvalue weighted by molar-refractivity contribution is 0.413. The van der Waals surface area contributed by atoms with Crippen molar-refractivity contribution < 1.29 is 4.74 Å². The van der Waals surface area contributed by atoms with Gasteiger partial charge < -0.3 is 10.1 Å². The Balaban J connectivity index is 1.85. The van der Waals surface area contributed by atoms with Crippen molar-refractivity contribution in [2.45, 2.75) is 13.0 Å². The molecule has 2 rings (SSSR count). The first-order chi connectivity index (χ1) is 9.79. The van der Waals surface area contributed by atoms with Gasteiger partial charge in [0.25, 0.3) is 0 Å². The minimum atomic E-state index is 0.297. The van der Waals surface area contributed by atoms with E-state index in [1.165, 1.54) is 11.1 Å². The first kappa shape index (κ1) is 14.4. The molecule has 0 radical (unpaired) electrons. The monoisotopic (exact) mass is 267 g/mol. The van der Waals surface area contributed by atoms with E-state index >= 15 is 0 Å². The first-order valence-corrected chi connectivity index (χ1v) is 6.88. The molecule has 0 aliphatic carbocycles. The molecule has 2 aromatic carbocycles. The Kier molecular flexibility index (Phi) is 5.39. The number of benzene rings is 2. The fraction of sp³-hybridized carbons (Fsp3) is 0.222. The number of nitrogens with one attached hydrogen (secondary N) is 1. The van der Waals surface area contributed by atoms with Crippen LogP contribution in [-0.4, -0.2) is 13.7 Å². The molecule has 0 aliphatic rings. The Morgan fingerprint density at radius 1 is 1.10 bits per heavy atom. The largest absolute Gasteiger partial charge is 0.497 e. The van der Waals surface area contributed by atoms with Crippen LogP contribution >= 0.6 is 0 Å². The van der Waals surface area contributed by atoms with Crippen molar-refractivity contribution in [1.29, 1.82) is 0 Å². The minimum absolute atomic E-state index is 0.297. The number of hydrogen-bond acceptors (Lipinski definition) is 2. The van der Waals surface area contributed by atoms with Gasteiger partial charge in [0.15, 0.2) is 0 Å². The Morgan fingerprint density at radius 3 is 2.65 bits per heavy atom. The molecule has 0 aromatic heterocycles. The van der Waals surface area contributed by atoms with Gasteiger partial charge in [-0.05, 0) is 30.2 Å². The molecular formula is C18H21NO. The Hall–Kier alpha value is -2.06. The van der Waals surface area contributed by atoms with Crippen LogP contribution in [0.1, 0.15) is 24.1 Å². The summed E-state index contributed by atoms with van der Waals surface area (Å²) in [4.78, 5) is 0. The average Bonchev–Trinajstić information content (AvgIpc) is 2.52. The molecule has 2 nitrogen and oxygen atoms in total. The zero-order chi connectivity index (χ0) is 14.2. The van der Waals surface area contributed by atoms with E-state index < -0.39 is 0 Å². The average molecular weight is 267 g/mol. The predicted molar refractivity (Wildman–Crippen MR) is 84.9 cm³/mol. The summed E-state index contributed by atoms with van der Waals surface area (Å²) in [6.45, 7) is 3.00. The van der Waals surface area contributed by atoms with Crippen LogP contribution in [0.25, 0.3) is 6.08 Å². The lowest BCUT2D eigenvalue weighted by Crippen LogP contribution is -2.18. The van der Waals surface area contributed by atoms with Crippen LogP contribution in [-0.2, 0) is 0 Å². The molecule has 2 heteroatoms. The summed E-state index contributed by atoms with van der Waals surface area (Å²) in [5.74, 6) is 0.899. The van der Waals surface area contributed by atoms with Crippen LogP contribution in [0.2, 0.25) is 0 Å². The third kappa shape index (κ3) is 4.25. The van der Waals surface area contributed by atoms with Crippen LogP contribution in [0.15, 0.2) is 60.7 Å². The molecule has 0 bridgehead atoms. The highest BCUT2D eigenvalue weighted by Gasteiger charge is 2.04. The van der Waals surface area contributed by atoms with E-state index in [2.05, 4.69) is 48.7 Å². The van der Waals surface area contributed by atoms with Crippen molar-refractivity contribution in [1.82, 2.24) is 5.32 Å². The van der Waals surface area contributed by atoms with E-state index in [0.29, 0.717) is 6.04 Å². The van der Waals surface area contributed by atoms with Crippen molar-refractivity contribution in [3.05, 3.63) is 71.8 Å². The van der Waals surface area contributed by atoms with Gasteiger partial charge in [-0.3, -0.25) is 0 Å². The van der Waals surface area contributed by atoms with E-state index in [-0.39, 0.29) is 0 Å². The van der Waals surface area contributed by atoms with Gasteiger partial charge in [0.1, 0.15) is 5.75 Å². The van der Waals surface area contributed by atoms with Gasteiger partial charge in [-0.1, -0.05) is 54.6 Å². The van der Waals surface area contributed by atoms with Gasteiger partial charge in [0, 0.05) is 12.6 Å². The number of ether oxygens (including phenoxy) is 1. The number of methoxy groups -OCH3 is 1. The second-order valence-corrected chi connectivity index (χ2v) is 4.72. The van der Waals surface area contributed by atoms with Crippen LogP contribution in [0.4, 0.5) is 0 Å². The fourth-order valence-electron chi connectivity index (χ4n) is 2.03. The molecule has 0 saturated carbocycles. The molecule has 0 saturated heterocycles. The van der Waals surface area contributed by atoms with Gasteiger partial charge in [-0.2, -0.15) is 0 Å². The molecule has 20 heavy (non-hydrogen) atoms. The molecule has 0 spiro atoms. The lowest BCUT2D eigenvalue weighted by Gasteiger charge is -2.13. The highest BCUT2D eigenvalue weighted by Crippen LogP contribution is 2.18. The van der Waals surface area contributed by atoms with Crippen LogP contribution in [0.5, 0.6) is 5.75 Å². The quantitative estimate of drug-likeness (QED) is 0.852. The molecule has 0 fully saturated rings. The van der Waals surface area contributed by atoms with Crippen LogP contribution in [0, 0.1) is 0 Å². The van der Waals surface area contributed by atoms with Crippen molar-refractivity contribution in [3.63, 3.8) is 0 Å². The third-order valence-corrected chi connectivity index (χ3v) is 3.25. The van der Waals surface area contributed by atoms with E-state index in [4.69, 9.17) is 4.74 Å². The summed E-state index contributed by atoms with van der Waals surface area (Å²) in [5, 5.41) is 3.48. The summed E-state index contributed by atoms with van der Waals surface area (Å²) in [6.07, 6.45) is 4.28. The molecule has 2 aromatic rings. The maximum atomic E-state index is 5.25. The predicted octanol–water partition coefficient (Wildman–Crippen LogP) is 4.06. The van der Waals surface area contributed by atoms with Crippen LogP contribution < -0.4 is 10.1 Å². The van der Waals surface area contributed by atoms with Crippen molar-refractivity contribution >= 4 is 6.08 Å². The molecule has 0 amide bonds. The summed E-state index contributed by atoms with van der Waals surface area (Å²) in [5.41, 5.74) is 2.46. The maximum absolute atomic E-state index is 5.25. The molecule has 104 valence electrons. The second kappa shape index (κ2) is 7.51. The molecule has 1 atom stereocenters. The fourth-order valence-corrected chi connectivity index (χ4v) is 2.03. The van der Waals surface area contributed by atoms with Gasteiger partial charge in [0.2, 0.25) is 0 Å². The van der Waals surface area contributed by atoms with Crippen molar-refractivity contribution in [2.75, 3.05) is 13.7 Å². The zero-order valence-electron chi connectivity index (χ0n) is 12.0. The molecule has 0 unspecified atom stereocenters. The highest BCUT2D eigenvalue weighted by atomic mass is 16.5. The topological polar surface area (TPSA) is 21.3 Å². The second-order valence-electron chi connectivity index (χ2n) is 4.72. The summed E-state index contributed by atoms with van der Waals surface area (Å²) >= 11 is 0. The summed E-state index contributed by atoms with van der Waals surface area (Å²) in [7, 11) is 1.69. The van der Waals surface area contributed by atoms with Gasteiger partial charge in [-0.15, -0.1) is 0 Å². The summed E-state index contributed by atoms with van der Waals surface area (Å²) < 4.78 is 5.25. The third-order valence-electron chi connectivity index (χ3n) is 3.25. The van der Waals surface area contributed by atoms with E-state index in [0.717, 1.165) is 12.3 Å². The standard InChI is InChI=1S/C18H21NO/c1-15(17-11-6-12-18(14-17)20-2)19-13-7-10-16-8-4-3-5-9-16/h3-12,14-15,19H,13H2,1-2H3/b10-7+/t15-/m1/s1. The van der Waals surface area contributed by atoms with Crippen molar-refractivity contribution in [2.24, 2.45) is 0 Å². The number of rotatable bonds is 6. The van der Waals surface area contributed by atoms with Gasteiger partial charge >= 0.3 is 0 Å². The SMILES string of the molecule is COc1cccc([C@@H](C)NC/C=C/c2ccccc2)c1. The zero-order valence-corrected chi connectivity index (χ0v) is 12.0. The normalized spacial score (nSPS) is 12.5. The Bertz CT molecular complexity index is 548. The molecule has 0 heterocycles. The smallest absolute Gasteiger partial charge is 0.119 e.